The molecule has 0 saturated carbocycles. The molecule has 2 aromatic rings. The monoisotopic (exact) mass is 272 g/mol. The van der Waals surface area contributed by atoms with Crippen LogP contribution in [0.25, 0.3) is 11.2 Å². The first kappa shape index (κ1) is 13.0. The lowest BCUT2D eigenvalue weighted by Gasteiger charge is -2.14. The Kier molecular flexibility index (Phi) is 3.63. The largest absolute Gasteiger partial charge is 0.366 e. The number of imidazole rings is 1. The van der Waals surface area contributed by atoms with E-state index in [9.17, 15) is 0 Å². The lowest BCUT2D eigenvalue weighted by molar-refractivity contribution is -0.0346. The zero-order valence-electron chi connectivity index (χ0n) is 11.3. The highest BCUT2D eigenvalue weighted by Gasteiger charge is 2.28. The fraction of sp³-hybridized carbons (Fsp3) is 0.500. The molecule has 0 aromatic carbocycles. The van der Waals surface area contributed by atoms with E-state index in [1.165, 1.54) is 0 Å². The van der Waals surface area contributed by atoms with Crippen LogP contribution in [0.4, 0.5) is 0 Å². The van der Waals surface area contributed by atoms with Crippen molar-refractivity contribution in [2.45, 2.75) is 32.1 Å². The van der Waals surface area contributed by atoms with Crippen molar-refractivity contribution in [3.8, 4) is 12.3 Å². The first-order valence-electron chi connectivity index (χ1n) is 6.60. The number of terminal acetylenes is 1. The zero-order chi connectivity index (χ0) is 13.9. The van der Waals surface area contributed by atoms with Crippen LogP contribution < -0.4 is 0 Å². The fourth-order valence-corrected chi connectivity index (χ4v) is 2.44. The van der Waals surface area contributed by atoms with Crippen molar-refractivity contribution in [2.75, 3.05) is 13.2 Å². The smallest absolute Gasteiger partial charge is 0.165 e. The van der Waals surface area contributed by atoms with Gasteiger partial charge in [-0.15, -0.1) is 6.42 Å². The Bertz CT molecular complexity index is 646. The second-order valence-corrected chi connectivity index (χ2v) is 4.79. The average molecular weight is 272 g/mol. The summed E-state index contributed by atoms with van der Waals surface area (Å²) >= 11 is 0. The average Bonchev–Trinajstić information content (AvgIpc) is 3.06. The molecule has 0 bridgehead atoms. The standard InChI is InChI=1S/C14H16N4O2/c1-3-6-19-7-11-4-5-12(20-11)18-9-17-13-10(2)15-8-16-14(13)18/h1,8-9,11-12H,4-7H2,2H3/t11?,12-/m1/s1. The van der Waals surface area contributed by atoms with Gasteiger partial charge in [0, 0.05) is 0 Å². The summed E-state index contributed by atoms with van der Waals surface area (Å²) in [5.41, 5.74) is 2.51. The van der Waals surface area contributed by atoms with Gasteiger partial charge in [0.2, 0.25) is 0 Å². The Hall–Kier alpha value is -1.97. The first-order chi connectivity index (χ1) is 9.79. The molecule has 0 N–H and O–H groups in total. The van der Waals surface area contributed by atoms with Crippen molar-refractivity contribution in [1.82, 2.24) is 19.5 Å². The molecule has 6 nitrogen and oxygen atoms in total. The molecule has 1 saturated heterocycles. The van der Waals surface area contributed by atoms with Crippen LogP contribution >= 0.6 is 0 Å². The minimum atomic E-state index is -0.0475. The third-order valence-electron chi connectivity index (χ3n) is 3.43. The molecular formula is C14H16N4O2. The molecule has 1 aliphatic rings. The van der Waals surface area contributed by atoms with E-state index in [0.29, 0.717) is 13.2 Å². The predicted octanol–water partition coefficient (Wildman–Crippen LogP) is 1.46. The van der Waals surface area contributed by atoms with E-state index in [-0.39, 0.29) is 12.3 Å². The van der Waals surface area contributed by atoms with Crippen LogP contribution in [0.3, 0.4) is 0 Å². The van der Waals surface area contributed by atoms with Crippen molar-refractivity contribution < 1.29 is 9.47 Å². The summed E-state index contributed by atoms with van der Waals surface area (Å²) in [5.74, 6) is 2.45. The Morgan fingerprint density at radius 1 is 1.45 bits per heavy atom. The maximum absolute atomic E-state index is 5.97. The fourth-order valence-electron chi connectivity index (χ4n) is 2.44. The molecule has 2 aromatic heterocycles. The Balaban J connectivity index is 1.73. The van der Waals surface area contributed by atoms with Gasteiger partial charge < -0.3 is 9.47 Å². The molecular weight excluding hydrogens is 256 g/mol. The molecule has 0 aliphatic carbocycles. The number of aromatic nitrogens is 4. The molecule has 104 valence electrons. The molecule has 0 amide bonds. The number of aryl methyl sites for hydroxylation is 1. The maximum Gasteiger partial charge on any atom is 0.165 e. The summed E-state index contributed by atoms with van der Waals surface area (Å²) in [5, 5.41) is 0. The Labute approximate surface area is 117 Å². The molecule has 6 heteroatoms. The third kappa shape index (κ3) is 2.38. The van der Waals surface area contributed by atoms with Crippen molar-refractivity contribution in [3.05, 3.63) is 18.3 Å². The number of rotatable bonds is 4. The molecule has 0 spiro atoms. The van der Waals surface area contributed by atoms with E-state index in [2.05, 4.69) is 20.9 Å². The van der Waals surface area contributed by atoms with Gasteiger partial charge in [-0.2, -0.15) is 0 Å². The normalized spacial score (nSPS) is 22.2. The molecule has 3 heterocycles. The highest BCUT2D eigenvalue weighted by molar-refractivity contribution is 5.72. The van der Waals surface area contributed by atoms with Crippen molar-refractivity contribution >= 4 is 11.2 Å². The lowest BCUT2D eigenvalue weighted by atomic mass is 10.2. The summed E-state index contributed by atoms with van der Waals surface area (Å²) < 4.78 is 13.3. The van der Waals surface area contributed by atoms with E-state index in [1.54, 1.807) is 12.7 Å². The van der Waals surface area contributed by atoms with Gasteiger partial charge in [0.15, 0.2) is 5.65 Å². The quantitative estimate of drug-likeness (QED) is 0.623. The first-order valence-corrected chi connectivity index (χ1v) is 6.60. The molecule has 2 atom stereocenters. The second kappa shape index (κ2) is 5.57. The van der Waals surface area contributed by atoms with Gasteiger partial charge >= 0.3 is 0 Å². The van der Waals surface area contributed by atoms with E-state index >= 15 is 0 Å². The van der Waals surface area contributed by atoms with Crippen molar-refractivity contribution in [3.63, 3.8) is 0 Å². The number of hydrogen-bond donors (Lipinski definition) is 0. The Morgan fingerprint density at radius 2 is 2.35 bits per heavy atom. The predicted molar refractivity (Wildman–Crippen MR) is 72.9 cm³/mol. The molecule has 3 rings (SSSR count). The van der Waals surface area contributed by atoms with Crippen LogP contribution in [0.5, 0.6) is 0 Å². The summed E-state index contributed by atoms with van der Waals surface area (Å²) in [6.07, 6.45) is 10.4. The molecule has 20 heavy (non-hydrogen) atoms. The molecule has 1 unspecified atom stereocenters. The van der Waals surface area contributed by atoms with Crippen LogP contribution in [0.1, 0.15) is 24.8 Å². The highest BCUT2D eigenvalue weighted by atomic mass is 16.5. The SMILES string of the molecule is C#CCOCC1CC[C@H](n2cnc3c(C)ncnc32)O1. The number of nitrogens with zero attached hydrogens (tertiary/aromatic N) is 4. The lowest BCUT2D eigenvalue weighted by Crippen LogP contribution is -2.16. The van der Waals surface area contributed by atoms with E-state index in [1.807, 2.05) is 11.5 Å². The van der Waals surface area contributed by atoms with E-state index < -0.39 is 0 Å². The van der Waals surface area contributed by atoms with Gasteiger partial charge in [0.25, 0.3) is 0 Å². The zero-order valence-corrected chi connectivity index (χ0v) is 11.3. The molecule has 0 radical (unpaired) electrons. The van der Waals surface area contributed by atoms with Gasteiger partial charge in [0.1, 0.15) is 24.7 Å². The van der Waals surface area contributed by atoms with Gasteiger partial charge in [-0.1, -0.05) is 5.92 Å². The number of ether oxygens (including phenoxy) is 2. The molecule has 1 fully saturated rings. The summed E-state index contributed by atoms with van der Waals surface area (Å²) in [6.45, 7) is 2.78. The third-order valence-corrected chi connectivity index (χ3v) is 3.43. The van der Waals surface area contributed by atoms with Gasteiger partial charge in [-0.25, -0.2) is 15.0 Å². The van der Waals surface area contributed by atoms with Crippen LogP contribution in [0.15, 0.2) is 12.7 Å². The van der Waals surface area contributed by atoms with Crippen molar-refractivity contribution in [1.29, 1.82) is 0 Å². The topological polar surface area (TPSA) is 62.1 Å². The maximum atomic E-state index is 5.97. The number of fused-ring (bicyclic) bond motifs is 1. The van der Waals surface area contributed by atoms with E-state index in [0.717, 1.165) is 29.7 Å². The van der Waals surface area contributed by atoms with Crippen LogP contribution in [0.2, 0.25) is 0 Å². The van der Waals surface area contributed by atoms with Crippen LogP contribution in [-0.2, 0) is 9.47 Å². The highest BCUT2D eigenvalue weighted by Crippen LogP contribution is 2.30. The Morgan fingerprint density at radius 3 is 3.20 bits per heavy atom. The summed E-state index contributed by atoms with van der Waals surface area (Å²) in [4.78, 5) is 12.8. The van der Waals surface area contributed by atoms with Crippen molar-refractivity contribution in [2.24, 2.45) is 0 Å². The van der Waals surface area contributed by atoms with Gasteiger partial charge in [-0.05, 0) is 19.8 Å². The van der Waals surface area contributed by atoms with Crippen LogP contribution in [-0.4, -0.2) is 38.8 Å². The molecule has 1 aliphatic heterocycles. The second-order valence-electron chi connectivity index (χ2n) is 4.79. The number of hydrogen-bond acceptors (Lipinski definition) is 5. The van der Waals surface area contributed by atoms with Gasteiger partial charge in [-0.3, -0.25) is 4.57 Å². The minimum Gasteiger partial charge on any atom is -0.366 e. The van der Waals surface area contributed by atoms with Crippen LogP contribution in [0, 0.1) is 19.3 Å². The summed E-state index contributed by atoms with van der Waals surface area (Å²) in [7, 11) is 0. The van der Waals surface area contributed by atoms with Gasteiger partial charge in [0.05, 0.1) is 24.7 Å². The minimum absolute atomic E-state index is 0.0475. The van der Waals surface area contributed by atoms with E-state index in [4.69, 9.17) is 15.9 Å². The summed E-state index contributed by atoms with van der Waals surface area (Å²) in [6, 6.07) is 0.